The first-order valence-corrected chi connectivity index (χ1v) is 9.79. The van der Waals surface area contributed by atoms with Crippen molar-refractivity contribution in [2.45, 2.75) is 19.8 Å². The number of benzene rings is 1. The fourth-order valence-electron chi connectivity index (χ4n) is 3.01. The van der Waals surface area contributed by atoms with Gasteiger partial charge in [0.1, 0.15) is 0 Å². The fourth-order valence-corrected chi connectivity index (χ4v) is 4.64. The Bertz CT molecular complexity index is 763. The highest BCUT2D eigenvalue weighted by Gasteiger charge is 2.27. The predicted octanol–water partition coefficient (Wildman–Crippen LogP) is 2.49. The Balaban J connectivity index is 1.74. The van der Waals surface area contributed by atoms with E-state index in [1.54, 1.807) is 10.5 Å². The van der Waals surface area contributed by atoms with E-state index in [1.165, 1.54) is 0 Å². The summed E-state index contributed by atoms with van der Waals surface area (Å²) >= 11 is 0. The average Bonchev–Trinajstić information content (AvgIpc) is 2.60. The molecule has 0 atom stereocenters. The van der Waals surface area contributed by atoms with E-state index in [2.05, 4.69) is 28.1 Å². The largest absolute Gasteiger partial charge is 0.367 e. The Hall–Kier alpha value is -1.66. The van der Waals surface area contributed by atoms with Gasteiger partial charge in [0.05, 0.1) is 17.0 Å². The van der Waals surface area contributed by atoms with Crippen LogP contribution in [0.4, 0.5) is 5.69 Å². The Morgan fingerprint density at radius 3 is 2.57 bits per heavy atom. The van der Waals surface area contributed by atoms with E-state index >= 15 is 0 Å². The van der Waals surface area contributed by atoms with Gasteiger partial charge in [-0.05, 0) is 18.6 Å². The topological polar surface area (TPSA) is 53.5 Å². The second kappa shape index (κ2) is 6.84. The predicted molar refractivity (Wildman–Crippen MR) is 94.2 cm³/mol. The van der Waals surface area contributed by atoms with Gasteiger partial charge in [0.2, 0.25) is 10.0 Å². The highest BCUT2D eigenvalue weighted by Crippen LogP contribution is 2.26. The summed E-state index contributed by atoms with van der Waals surface area (Å²) in [7, 11) is -3.10. The lowest BCUT2D eigenvalue weighted by atomic mass is 10.1. The lowest BCUT2D eigenvalue weighted by Crippen LogP contribution is -2.49. The third-order valence-corrected chi connectivity index (χ3v) is 6.30. The van der Waals surface area contributed by atoms with Crippen molar-refractivity contribution in [1.82, 2.24) is 9.29 Å². The molecule has 124 valence electrons. The van der Waals surface area contributed by atoms with Gasteiger partial charge in [0, 0.05) is 37.8 Å². The average molecular weight is 333 g/mol. The van der Waals surface area contributed by atoms with Gasteiger partial charge < -0.3 is 4.90 Å². The van der Waals surface area contributed by atoms with E-state index in [0.717, 1.165) is 29.4 Å². The Morgan fingerprint density at radius 1 is 1.09 bits per heavy atom. The summed E-state index contributed by atoms with van der Waals surface area (Å²) in [6.07, 6.45) is 3.44. The summed E-state index contributed by atoms with van der Waals surface area (Å²) in [5.41, 5.74) is 2.07. The number of rotatable bonds is 5. The van der Waals surface area contributed by atoms with E-state index in [9.17, 15) is 8.42 Å². The van der Waals surface area contributed by atoms with Gasteiger partial charge in [-0.1, -0.05) is 31.5 Å². The molecular weight excluding hydrogens is 310 g/mol. The molecule has 5 nitrogen and oxygen atoms in total. The van der Waals surface area contributed by atoms with Crippen LogP contribution in [0.1, 0.15) is 19.8 Å². The summed E-state index contributed by atoms with van der Waals surface area (Å²) in [5.74, 6) is 0.263. The number of pyridine rings is 1. The number of sulfonamides is 1. The third-order valence-electron chi connectivity index (χ3n) is 4.34. The Kier molecular flexibility index (Phi) is 4.82. The SMILES string of the molecule is CCCCS(=O)(=O)N1CCN(c2cccc3cccnc23)CC1. The molecule has 0 radical (unpaired) electrons. The molecule has 23 heavy (non-hydrogen) atoms. The maximum atomic E-state index is 12.3. The fraction of sp³-hybridized carbons (Fsp3) is 0.471. The van der Waals surface area contributed by atoms with Gasteiger partial charge in [-0.3, -0.25) is 4.98 Å². The van der Waals surface area contributed by atoms with Gasteiger partial charge in [-0.15, -0.1) is 0 Å². The van der Waals surface area contributed by atoms with E-state index in [1.807, 2.05) is 19.1 Å². The molecule has 1 aliphatic heterocycles. The molecular formula is C17H23N3O2S. The molecule has 0 N–H and O–H groups in total. The van der Waals surface area contributed by atoms with Crippen LogP contribution in [-0.4, -0.2) is 49.6 Å². The second-order valence-corrected chi connectivity index (χ2v) is 8.00. The standard InChI is InChI=1S/C17H23N3O2S/c1-2-3-14-23(21,22)20-12-10-19(11-13-20)16-8-4-6-15-7-5-9-18-17(15)16/h4-9H,2-3,10-14H2,1H3. The highest BCUT2D eigenvalue weighted by molar-refractivity contribution is 7.89. The van der Waals surface area contributed by atoms with E-state index in [4.69, 9.17) is 0 Å². The van der Waals surface area contributed by atoms with E-state index in [0.29, 0.717) is 26.2 Å². The number of hydrogen-bond acceptors (Lipinski definition) is 4. The number of fused-ring (bicyclic) bond motifs is 1. The monoisotopic (exact) mass is 333 g/mol. The number of anilines is 1. The molecule has 1 fully saturated rings. The normalized spacial score (nSPS) is 16.8. The summed E-state index contributed by atoms with van der Waals surface area (Å²) in [6, 6.07) is 10.1. The number of piperazine rings is 1. The third kappa shape index (κ3) is 3.48. The second-order valence-electron chi connectivity index (χ2n) is 5.91. The molecule has 1 aromatic heterocycles. The summed E-state index contributed by atoms with van der Waals surface area (Å²) < 4.78 is 26.2. The molecule has 0 bridgehead atoms. The smallest absolute Gasteiger partial charge is 0.214 e. The minimum absolute atomic E-state index is 0.263. The summed E-state index contributed by atoms with van der Waals surface area (Å²) in [6.45, 7) is 4.54. The number of nitrogens with zero attached hydrogens (tertiary/aromatic N) is 3. The zero-order chi connectivity index (χ0) is 16.3. The van der Waals surface area contributed by atoms with Crippen molar-refractivity contribution in [2.24, 2.45) is 0 Å². The molecule has 0 spiro atoms. The molecule has 2 aromatic rings. The van der Waals surface area contributed by atoms with Crippen molar-refractivity contribution in [3.63, 3.8) is 0 Å². The van der Waals surface area contributed by atoms with Crippen molar-refractivity contribution < 1.29 is 8.42 Å². The van der Waals surface area contributed by atoms with Crippen LogP contribution in [0.15, 0.2) is 36.5 Å². The molecule has 1 aromatic carbocycles. The summed E-state index contributed by atoms with van der Waals surface area (Å²) in [5, 5.41) is 1.11. The molecule has 2 heterocycles. The van der Waals surface area contributed by atoms with Gasteiger partial charge in [0.15, 0.2) is 0 Å². The number of aromatic nitrogens is 1. The van der Waals surface area contributed by atoms with Gasteiger partial charge in [0.25, 0.3) is 0 Å². The zero-order valence-corrected chi connectivity index (χ0v) is 14.3. The van der Waals surface area contributed by atoms with Crippen molar-refractivity contribution in [2.75, 3.05) is 36.8 Å². The van der Waals surface area contributed by atoms with E-state index in [-0.39, 0.29) is 5.75 Å². The van der Waals surface area contributed by atoms with Crippen LogP contribution in [0.3, 0.4) is 0 Å². The molecule has 1 saturated heterocycles. The van der Waals surface area contributed by atoms with Crippen LogP contribution in [0.2, 0.25) is 0 Å². The van der Waals surface area contributed by atoms with Gasteiger partial charge >= 0.3 is 0 Å². The van der Waals surface area contributed by atoms with Crippen molar-refractivity contribution in [3.05, 3.63) is 36.5 Å². The number of hydrogen-bond donors (Lipinski definition) is 0. The van der Waals surface area contributed by atoms with Crippen molar-refractivity contribution in [3.8, 4) is 0 Å². The number of para-hydroxylation sites is 1. The van der Waals surface area contributed by atoms with Gasteiger partial charge in [-0.2, -0.15) is 4.31 Å². The van der Waals surface area contributed by atoms with Crippen LogP contribution in [0.5, 0.6) is 0 Å². The maximum Gasteiger partial charge on any atom is 0.214 e. The van der Waals surface area contributed by atoms with Crippen molar-refractivity contribution in [1.29, 1.82) is 0 Å². The molecule has 1 aliphatic rings. The molecule has 3 rings (SSSR count). The molecule has 0 unspecified atom stereocenters. The first-order valence-electron chi connectivity index (χ1n) is 8.18. The highest BCUT2D eigenvalue weighted by atomic mass is 32.2. The number of unbranched alkanes of at least 4 members (excludes halogenated alkanes) is 1. The molecule has 0 saturated carbocycles. The summed E-state index contributed by atoms with van der Waals surface area (Å²) in [4.78, 5) is 6.73. The molecule has 6 heteroatoms. The van der Waals surface area contributed by atoms with Crippen LogP contribution >= 0.6 is 0 Å². The minimum atomic E-state index is -3.10. The Morgan fingerprint density at radius 2 is 1.83 bits per heavy atom. The Labute approximate surface area is 138 Å². The lowest BCUT2D eigenvalue weighted by molar-refractivity contribution is 0.384. The molecule has 0 aliphatic carbocycles. The van der Waals surface area contributed by atoms with Gasteiger partial charge in [-0.25, -0.2) is 8.42 Å². The lowest BCUT2D eigenvalue weighted by Gasteiger charge is -2.35. The zero-order valence-electron chi connectivity index (χ0n) is 13.5. The molecule has 0 amide bonds. The first kappa shape index (κ1) is 16.2. The van der Waals surface area contributed by atoms with Crippen molar-refractivity contribution >= 4 is 26.6 Å². The van der Waals surface area contributed by atoms with Crippen LogP contribution in [0, 0.1) is 0 Å². The first-order chi connectivity index (χ1) is 11.1. The van der Waals surface area contributed by atoms with Crippen LogP contribution in [0.25, 0.3) is 10.9 Å². The van der Waals surface area contributed by atoms with E-state index < -0.39 is 10.0 Å². The quantitative estimate of drug-likeness (QED) is 0.843. The maximum absolute atomic E-state index is 12.3. The minimum Gasteiger partial charge on any atom is -0.367 e. The van der Waals surface area contributed by atoms with Crippen LogP contribution in [-0.2, 0) is 10.0 Å². The van der Waals surface area contributed by atoms with Crippen LogP contribution < -0.4 is 4.90 Å².